The molecular formula is C43H60N6O5. The smallest absolute Gasteiger partial charge is 0.408 e. The summed E-state index contributed by atoms with van der Waals surface area (Å²) >= 11 is 0. The molecule has 3 aromatic rings. The molecule has 2 aliphatic heterocycles. The molecule has 0 fully saturated rings. The van der Waals surface area contributed by atoms with E-state index in [4.69, 9.17) is 9.47 Å². The molecular weight excluding hydrogens is 681 g/mol. The van der Waals surface area contributed by atoms with Crippen LogP contribution in [0.1, 0.15) is 101 Å². The van der Waals surface area contributed by atoms with Crippen LogP contribution in [-0.2, 0) is 15.1 Å². The van der Waals surface area contributed by atoms with Gasteiger partial charge in [-0.2, -0.15) is 0 Å². The lowest BCUT2D eigenvalue weighted by atomic mass is 9.74. The SMILES string of the molecule is CCN(CC)c1ccc2c(c1)Oc1cc(N(CC)CC)ccc1C21c2ccccc2C(=O)N1CCCNC(=O)C(CCCCNC)NC(=O)OC(C)(C)C. The third-order valence-corrected chi connectivity index (χ3v) is 10.4. The topological polar surface area (TPSA) is 115 Å². The van der Waals surface area contributed by atoms with Crippen molar-refractivity contribution in [3.05, 3.63) is 82.9 Å². The average Bonchev–Trinajstić information content (AvgIpc) is 3.39. The van der Waals surface area contributed by atoms with Crippen LogP contribution in [0.2, 0.25) is 0 Å². The third kappa shape index (κ3) is 8.31. The van der Waals surface area contributed by atoms with Gasteiger partial charge in [-0.15, -0.1) is 0 Å². The van der Waals surface area contributed by atoms with Crippen LogP contribution in [0.5, 0.6) is 11.5 Å². The second-order valence-corrected chi connectivity index (χ2v) is 15.0. The summed E-state index contributed by atoms with van der Waals surface area (Å²) in [5, 5.41) is 8.96. The van der Waals surface area contributed by atoms with E-state index >= 15 is 0 Å². The van der Waals surface area contributed by atoms with Gasteiger partial charge in [0.1, 0.15) is 28.7 Å². The van der Waals surface area contributed by atoms with E-state index in [9.17, 15) is 14.4 Å². The van der Waals surface area contributed by atoms with Gasteiger partial charge < -0.3 is 40.1 Å². The number of hydrogen-bond donors (Lipinski definition) is 3. The summed E-state index contributed by atoms with van der Waals surface area (Å²) in [6, 6.07) is 19.8. The maximum absolute atomic E-state index is 14.6. The molecule has 2 aliphatic rings. The largest absolute Gasteiger partial charge is 0.456 e. The minimum atomic E-state index is -0.946. The summed E-state index contributed by atoms with van der Waals surface area (Å²) < 4.78 is 12.3. The number of benzene rings is 3. The molecule has 1 atom stereocenters. The Morgan fingerprint density at radius 2 is 1.41 bits per heavy atom. The Bertz CT molecular complexity index is 1720. The van der Waals surface area contributed by atoms with Gasteiger partial charge in [-0.05, 0) is 112 Å². The number of amides is 3. The number of carbonyl (C=O) groups is 3. The van der Waals surface area contributed by atoms with Crippen molar-refractivity contribution in [3.8, 4) is 11.5 Å². The molecule has 5 rings (SSSR count). The zero-order chi connectivity index (χ0) is 39.0. The number of unbranched alkanes of at least 4 members (excludes halogenated alkanes) is 1. The summed E-state index contributed by atoms with van der Waals surface area (Å²) in [5.41, 5.74) is 3.88. The lowest BCUT2D eigenvalue weighted by molar-refractivity contribution is -0.123. The minimum absolute atomic E-state index is 0.0645. The van der Waals surface area contributed by atoms with Crippen LogP contribution in [0, 0.1) is 0 Å². The quantitative estimate of drug-likeness (QED) is 0.127. The monoisotopic (exact) mass is 740 g/mol. The highest BCUT2D eigenvalue weighted by molar-refractivity contribution is 6.02. The van der Waals surface area contributed by atoms with Gasteiger partial charge in [0.2, 0.25) is 5.91 Å². The Kier molecular flexibility index (Phi) is 13.2. The number of anilines is 2. The molecule has 0 aromatic heterocycles. The van der Waals surface area contributed by atoms with Crippen LogP contribution >= 0.6 is 0 Å². The number of ether oxygens (including phenoxy) is 2. The molecule has 1 unspecified atom stereocenters. The maximum atomic E-state index is 14.6. The van der Waals surface area contributed by atoms with E-state index in [1.54, 1.807) is 20.8 Å². The fourth-order valence-electron chi connectivity index (χ4n) is 7.84. The van der Waals surface area contributed by atoms with Crippen molar-refractivity contribution in [2.24, 2.45) is 0 Å². The van der Waals surface area contributed by atoms with E-state index in [1.165, 1.54) is 0 Å². The molecule has 3 aromatic carbocycles. The van der Waals surface area contributed by atoms with Crippen molar-refractivity contribution in [1.82, 2.24) is 20.9 Å². The summed E-state index contributed by atoms with van der Waals surface area (Å²) in [4.78, 5) is 47.4. The first-order valence-corrected chi connectivity index (χ1v) is 19.7. The molecule has 2 heterocycles. The number of hydrogen-bond acceptors (Lipinski definition) is 8. The van der Waals surface area contributed by atoms with Crippen LogP contribution in [-0.4, -0.2) is 87.3 Å². The number of fused-ring (bicyclic) bond motifs is 6. The highest BCUT2D eigenvalue weighted by Crippen LogP contribution is 2.58. The van der Waals surface area contributed by atoms with Crippen molar-refractivity contribution in [2.75, 3.05) is 62.7 Å². The van der Waals surface area contributed by atoms with Gasteiger partial charge in [0.15, 0.2) is 0 Å². The number of nitrogens with one attached hydrogen (secondary N) is 3. The third-order valence-electron chi connectivity index (χ3n) is 10.4. The molecule has 0 bridgehead atoms. The van der Waals surface area contributed by atoms with Gasteiger partial charge in [0.25, 0.3) is 5.91 Å². The maximum Gasteiger partial charge on any atom is 0.408 e. The van der Waals surface area contributed by atoms with E-state index in [0.717, 1.165) is 85.1 Å². The minimum Gasteiger partial charge on any atom is -0.456 e. The van der Waals surface area contributed by atoms with Gasteiger partial charge >= 0.3 is 6.09 Å². The molecule has 1 spiro atoms. The Morgan fingerprint density at radius 3 is 1.96 bits per heavy atom. The lowest BCUT2D eigenvalue weighted by Gasteiger charge is -2.45. The molecule has 54 heavy (non-hydrogen) atoms. The van der Waals surface area contributed by atoms with Gasteiger partial charge in [0.05, 0.1) is 0 Å². The second-order valence-electron chi connectivity index (χ2n) is 15.0. The highest BCUT2D eigenvalue weighted by Gasteiger charge is 2.56. The molecule has 11 nitrogen and oxygen atoms in total. The van der Waals surface area contributed by atoms with Gasteiger partial charge in [0, 0.05) is 79.5 Å². The van der Waals surface area contributed by atoms with E-state index in [-0.39, 0.29) is 11.8 Å². The zero-order valence-electron chi connectivity index (χ0n) is 33.5. The number of alkyl carbamates (subject to hydrolysis) is 1. The lowest BCUT2D eigenvalue weighted by Crippen LogP contribution is -2.50. The average molecular weight is 741 g/mol. The van der Waals surface area contributed by atoms with Crippen molar-refractivity contribution < 1.29 is 23.9 Å². The molecule has 0 aliphatic carbocycles. The predicted molar refractivity (Wildman–Crippen MR) is 216 cm³/mol. The molecule has 0 radical (unpaired) electrons. The first kappa shape index (κ1) is 40.4. The molecule has 3 amide bonds. The molecule has 11 heteroatoms. The van der Waals surface area contributed by atoms with Crippen LogP contribution in [0.4, 0.5) is 16.2 Å². The molecule has 292 valence electrons. The van der Waals surface area contributed by atoms with Crippen molar-refractivity contribution in [3.63, 3.8) is 0 Å². The summed E-state index contributed by atoms with van der Waals surface area (Å²) in [6.45, 7) is 18.9. The molecule has 0 saturated carbocycles. The van der Waals surface area contributed by atoms with Crippen molar-refractivity contribution in [2.45, 2.75) is 91.3 Å². The van der Waals surface area contributed by atoms with Crippen LogP contribution < -0.4 is 30.5 Å². The Labute approximate surface area is 321 Å². The Balaban J connectivity index is 1.48. The van der Waals surface area contributed by atoms with Crippen molar-refractivity contribution >= 4 is 29.3 Å². The summed E-state index contributed by atoms with van der Waals surface area (Å²) in [5.74, 6) is 1.11. The second kappa shape index (κ2) is 17.6. The first-order chi connectivity index (χ1) is 25.9. The molecule has 3 N–H and O–H groups in total. The van der Waals surface area contributed by atoms with Gasteiger partial charge in [-0.3, -0.25) is 9.59 Å². The normalized spacial score (nSPS) is 14.4. The highest BCUT2D eigenvalue weighted by atomic mass is 16.6. The standard InChI is InChI=1S/C43H60N6O5/c1-9-47(10-2)30-21-23-34-37(28-30)53-38-29-31(48(11-3)12-4)22-24-35(38)43(34)33-19-14-13-18-32(33)40(51)49(43)27-17-26-45-39(50)36(20-15-16-25-44-8)46-41(52)54-42(5,6)7/h13-14,18-19,21-24,28-29,36,44H,9-12,15-17,20,25-27H2,1-8H3,(H,45,50)(H,46,52). The summed E-state index contributed by atoms with van der Waals surface area (Å²) in [7, 11) is 1.89. The van der Waals surface area contributed by atoms with Crippen LogP contribution in [0.15, 0.2) is 60.7 Å². The van der Waals surface area contributed by atoms with E-state index < -0.39 is 23.3 Å². The molecule has 0 saturated heterocycles. The Morgan fingerprint density at radius 1 is 0.815 bits per heavy atom. The number of nitrogens with zero attached hydrogens (tertiary/aromatic N) is 3. The van der Waals surface area contributed by atoms with E-state index in [0.29, 0.717) is 31.5 Å². The van der Waals surface area contributed by atoms with E-state index in [2.05, 4.69) is 95.9 Å². The number of carbonyl (C=O) groups excluding carboxylic acids is 3. The van der Waals surface area contributed by atoms with Crippen LogP contribution in [0.25, 0.3) is 0 Å². The fourth-order valence-corrected chi connectivity index (χ4v) is 7.84. The summed E-state index contributed by atoms with van der Waals surface area (Å²) in [6.07, 6.45) is 1.98. The Hall–Kier alpha value is -4.77. The van der Waals surface area contributed by atoms with Gasteiger partial charge in [-0.1, -0.05) is 30.3 Å². The van der Waals surface area contributed by atoms with E-state index in [1.807, 2.05) is 30.1 Å². The fraction of sp³-hybridized carbons (Fsp3) is 0.512. The van der Waals surface area contributed by atoms with Crippen LogP contribution in [0.3, 0.4) is 0 Å². The van der Waals surface area contributed by atoms with Gasteiger partial charge in [-0.25, -0.2) is 4.79 Å². The predicted octanol–water partition coefficient (Wildman–Crippen LogP) is 7.02. The number of rotatable bonds is 17. The van der Waals surface area contributed by atoms with Crippen molar-refractivity contribution in [1.29, 1.82) is 0 Å². The zero-order valence-corrected chi connectivity index (χ0v) is 33.5. The first-order valence-electron chi connectivity index (χ1n) is 19.7.